The smallest absolute Gasteiger partial charge is 0.224 e. The predicted octanol–water partition coefficient (Wildman–Crippen LogP) is 3.80. The summed E-state index contributed by atoms with van der Waals surface area (Å²) in [5.74, 6) is 0.432. The highest BCUT2D eigenvalue weighted by molar-refractivity contribution is 5.79. The van der Waals surface area contributed by atoms with Crippen LogP contribution in [-0.4, -0.2) is 22.8 Å². The van der Waals surface area contributed by atoms with Gasteiger partial charge in [-0.25, -0.2) is 9.07 Å². The summed E-state index contributed by atoms with van der Waals surface area (Å²) in [6.45, 7) is 6.20. The summed E-state index contributed by atoms with van der Waals surface area (Å²) in [6, 6.07) is 12.0. The fourth-order valence-electron chi connectivity index (χ4n) is 3.16. The lowest BCUT2D eigenvalue weighted by Gasteiger charge is -2.09. The molecule has 1 aromatic heterocycles. The molecule has 0 spiro atoms. The van der Waals surface area contributed by atoms with Crippen molar-refractivity contribution < 1.29 is 13.9 Å². The molecule has 0 bridgehead atoms. The third-order valence-electron chi connectivity index (χ3n) is 4.81. The molecule has 1 amide bonds. The Morgan fingerprint density at radius 2 is 1.86 bits per heavy atom. The largest absolute Gasteiger partial charge is 0.496 e. The first-order valence-electron chi connectivity index (χ1n) is 9.10. The number of carbonyl (C=O) groups excluding carboxylic acids is 1. The Kier molecular flexibility index (Phi) is 5.78. The van der Waals surface area contributed by atoms with Gasteiger partial charge >= 0.3 is 0 Å². The number of hydrogen-bond acceptors (Lipinski definition) is 3. The minimum absolute atomic E-state index is 0.0793. The summed E-state index contributed by atoms with van der Waals surface area (Å²) >= 11 is 0. The van der Waals surface area contributed by atoms with Crippen molar-refractivity contribution >= 4 is 5.91 Å². The van der Waals surface area contributed by atoms with Crippen molar-refractivity contribution in [3.05, 3.63) is 76.4 Å². The van der Waals surface area contributed by atoms with Gasteiger partial charge in [-0.05, 0) is 62.2 Å². The molecule has 1 N–H and O–H groups in total. The Morgan fingerprint density at radius 3 is 2.54 bits per heavy atom. The second kappa shape index (κ2) is 8.25. The van der Waals surface area contributed by atoms with Gasteiger partial charge in [0.2, 0.25) is 5.91 Å². The number of amides is 1. The molecule has 0 aliphatic rings. The normalized spacial score (nSPS) is 10.8. The zero-order valence-corrected chi connectivity index (χ0v) is 16.5. The van der Waals surface area contributed by atoms with Crippen molar-refractivity contribution in [2.24, 2.45) is 0 Å². The Morgan fingerprint density at radius 1 is 1.14 bits per heavy atom. The maximum atomic E-state index is 13.2. The van der Waals surface area contributed by atoms with E-state index in [1.807, 2.05) is 39.0 Å². The monoisotopic (exact) mass is 381 g/mol. The highest BCUT2D eigenvalue weighted by Crippen LogP contribution is 2.20. The van der Waals surface area contributed by atoms with Crippen molar-refractivity contribution in [2.75, 3.05) is 7.11 Å². The molecule has 0 unspecified atom stereocenters. The van der Waals surface area contributed by atoms with Crippen LogP contribution >= 0.6 is 0 Å². The number of nitrogens with one attached hydrogen (secondary N) is 1. The van der Waals surface area contributed by atoms with E-state index in [9.17, 15) is 9.18 Å². The average molecular weight is 381 g/mol. The maximum Gasteiger partial charge on any atom is 0.224 e. The third kappa shape index (κ3) is 4.22. The van der Waals surface area contributed by atoms with Crippen LogP contribution in [0.1, 0.15) is 28.1 Å². The van der Waals surface area contributed by atoms with E-state index in [0.717, 1.165) is 39.5 Å². The first-order valence-corrected chi connectivity index (χ1v) is 9.10. The highest BCUT2D eigenvalue weighted by atomic mass is 19.1. The first kappa shape index (κ1) is 19.6. The van der Waals surface area contributed by atoms with Gasteiger partial charge in [0.15, 0.2) is 0 Å². The van der Waals surface area contributed by atoms with Crippen molar-refractivity contribution in [1.82, 2.24) is 15.1 Å². The second-order valence-corrected chi connectivity index (χ2v) is 6.80. The number of aromatic nitrogens is 2. The fraction of sp³-hybridized carbons (Fsp3) is 0.273. The van der Waals surface area contributed by atoms with Crippen LogP contribution in [0.25, 0.3) is 5.69 Å². The molecular weight excluding hydrogens is 357 g/mol. The van der Waals surface area contributed by atoms with Gasteiger partial charge in [-0.15, -0.1) is 0 Å². The van der Waals surface area contributed by atoms with E-state index in [0.29, 0.717) is 6.54 Å². The van der Waals surface area contributed by atoms with E-state index >= 15 is 0 Å². The number of rotatable bonds is 6. The SMILES string of the molecule is COc1cc(CNC(=O)Cc2c(C)nn(-c3ccc(F)cc3)c2C)ccc1C. The Hall–Kier alpha value is -3.15. The van der Waals surface area contributed by atoms with E-state index in [1.54, 1.807) is 23.9 Å². The molecule has 0 aliphatic heterocycles. The molecule has 3 rings (SSSR count). The van der Waals surface area contributed by atoms with Gasteiger partial charge in [0.1, 0.15) is 11.6 Å². The minimum atomic E-state index is -0.294. The molecule has 6 heteroatoms. The third-order valence-corrected chi connectivity index (χ3v) is 4.81. The summed E-state index contributed by atoms with van der Waals surface area (Å²) < 4.78 is 20.2. The van der Waals surface area contributed by atoms with Crippen molar-refractivity contribution in [1.29, 1.82) is 0 Å². The van der Waals surface area contributed by atoms with Crippen LogP contribution in [0.3, 0.4) is 0 Å². The summed E-state index contributed by atoms with van der Waals surface area (Å²) in [7, 11) is 1.63. The van der Waals surface area contributed by atoms with Crippen molar-refractivity contribution in [3.63, 3.8) is 0 Å². The number of halogens is 1. The molecule has 3 aromatic rings. The molecule has 0 saturated carbocycles. The Bertz CT molecular complexity index is 994. The molecule has 146 valence electrons. The lowest BCUT2D eigenvalue weighted by Crippen LogP contribution is -2.25. The van der Waals surface area contributed by atoms with Gasteiger partial charge < -0.3 is 10.1 Å². The summed E-state index contributed by atoms with van der Waals surface area (Å²) in [4.78, 5) is 12.5. The average Bonchev–Trinajstić information content (AvgIpc) is 2.96. The molecule has 1 heterocycles. The fourth-order valence-corrected chi connectivity index (χ4v) is 3.16. The molecule has 28 heavy (non-hydrogen) atoms. The van der Waals surface area contributed by atoms with E-state index in [2.05, 4.69) is 10.4 Å². The van der Waals surface area contributed by atoms with Crippen LogP contribution in [0, 0.1) is 26.6 Å². The summed E-state index contributed by atoms with van der Waals surface area (Å²) in [6.07, 6.45) is 0.238. The molecular formula is C22H24FN3O2. The van der Waals surface area contributed by atoms with Gasteiger partial charge in [-0.2, -0.15) is 5.10 Å². The van der Waals surface area contributed by atoms with Crippen LogP contribution in [0.5, 0.6) is 5.75 Å². The van der Waals surface area contributed by atoms with E-state index in [4.69, 9.17) is 4.74 Å². The number of hydrogen-bond donors (Lipinski definition) is 1. The van der Waals surface area contributed by atoms with Gasteiger partial charge in [-0.1, -0.05) is 12.1 Å². The Balaban J connectivity index is 1.70. The molecule has 0 atom stereocenters. The van der Waals surface area contributed by atoms with Crippen LogP contribution in [0.2, 0.25) is 0 Å². The van der Waals surface area contributed by atoms with E-state index in [1.165, 1.54) is 12.1 Å². The summed E-state index contributed by atoms with van der Waals surface area (Å²) in [5, 5.41) is 7.46. The van der Waals surface area contributed by atoms with Crippen molar-refractivity contribution in [3.8, 4) is 11.4 Å². The topological polar surface area (TPSA) is 56.1 Å². The maximum absolute atomic E-state index is 13.2. The van der Waals surface area contributed by atoms with Gasteiger partial charge in [0.25, 0.3) is 0 Å². The van der Waals surface area contributed by atoms with Gasteiger partial charge in [-0.3, -0.25) is 4.79 Å². The van der Waals surface area contributed by atoms with Gasteiger partial charge in [0, 0.05) is 17.8 Å². The molecule has 0 saturated heterocycles. The zero-order chi connectivity index (χ0) is 20.3. The van der Waals surface area contributed by atoms with E-state index < -0.39 is 0 Å². The van der Waals surface area contributed by atoms with Gasteiger partial charge in [0.05, 0.1) is 24.9 Å². The number of carbonyl (C=O) groups is 1. The van der Waals surface area contributed by atoms with Crippen LogP contribution in [0.4, 0.5) is 4.39 Å². The van der Waals surface area contributed by atoms with Crippen LogP contribution in [0.15, 0.2) is 42.5 Å². The molecule has 5 nitrogen and oxygen atoms in total. The predicted molar refractivity (Wildman–Crippen MR) is 106 cm³/mol. The van der Waals surface area contributed by atoms with Crippen LogP contribution in [-0.2, 0) is 17.8 Å². The standard InChI is InChI=1S/C22H24FN3O2/c1-14-5-6-17(11-21(14)28-4)13-24-22(27)12-20-15(2)25-26(16(20)3)19-9-7-18(23)8-10-19/h5-11H,12-13H2,1-4H3,(H,24,27). The zero-order valence-electron chi connectivity index (χ0n) is 16.5. The number of ether oxygens (including phenoxy) is 1. The highest BCUT2D eigenvalue weighted by Gasteiger charge is 2.16. The number of aryl methyl sites for hydroxylation is 2. The quantitative estimate of drug-likeness (QED) is 0.707. The van der Waals surface area contributed by atoms with E-state index in [-0.39, 0.29) is 18.1 Å². The Labute approximate surface area is 164 Å². The summed E-state index contributed by atoms with van der Waals surface area (Å²) in [5.41, 5.74) is 5.33. The lowest BCUT2D eigenvalue weighted by molar-refractivity contribution is -0.120. The first-order chi connectivity index (χ1) is 13.4. The lowest BCUT2D eigenvalue weighted by atomic mass is 10.1. The molecule has 0 fully saturated rings. The number of nitrogens with zero attached hydrogens (tertiary/aromatic N) is 2. The molecule has 2 aromatic carbocycles. The molecule has 0 aliphatic carbocycles. The second-order valence-electron chi connectivity index (χ2n) is 6.80. The van der Waals surface area contributed by atoms with Crippen LogP contribution < -0.4 is 10.1 Å². The van der Waals surface area contributed by atoms with Crippen molar-refractivity contribution in [2.45, 2.75) is 33.7 Å². The number of benzene rings is 2. The number of methoxy groups -OCH3 is 1. The minimum Gasteiger partial charge on any atom is -0.496 e. The molecule has 0 radical (unpaired) electrons.